The summed E-state index contributed by atoms with van der Waals surface area (Å²) in [6, 6.07) is 15.3. The second-order valence-electron chi connectivity index (χ2n) is 10.7. The highest BCUT2D eigenvalue weighted by molar-refractivity contribution is 6.00. The molecule has 0 amide bonds. The zero-order chi connectivity index (χ0) is 27.4. The fraction of sp³-hybridized carbons (Fsp3) is 0.400. The summed E-state index contributed by atoms with van der Waals surface area (Å²) in [5, 5.41) is 0. The summed E-state index contributed by atoms with van der Waals surface area (Å²) >= 11 is 0. The van der Waals surface area contributed by atoms with Crippen molar-refractivity contribution in [1.29, 1.82) is 0 Å². The van der Waals surface area contributed by atoms with Crippen LogP contribution in [0, 0.1) is 25.7 Å². The van der Waals surface area contributed by atoms with Gasteiger partial charge in [-0.3, -0.25) is 4.99 Å². The number of allylic oxidation sites excluding steroid dienone is 5. The van der Waals surface area contributed by atoms with Crippen LogP contribution in [0.3, 0.4) is 0 Å². The van der Waals surface area contributed by atoms with Gasteiger partial charge in [0, 0.05) is 11.6 Å². The minimum Gasteiger partial charge on any atom is -0.405 e. The highest BCUT2D eigenvalue weighted by atomic mass is 14.7. The Kier molecular flexibility index (Phi) is 12.4. The summed E-state index contributed by atoms with van der Waals surface area (Å²) in [6.07, 6.45) is 15.3. The number of nitrogens with two attached hydrogens (primary N) is 1. The molecule has 2 unspecified atom stereocenters. The van der Waals surface area contributed by atoms with Crippen LogP contribution >= 0.6 is 0 Å². The normalized spacial score (nSPS) is 19.5. The van der Waals surface area contributed by atoms with E-state index in [9.17, 15) is 0 Å². The molecule has 0 aromatic heterocycles. The van der Waals surface area contributed by atoms with Crippen molar-refractivity contribution in [2.45, 2.75) is 79.6 Å². The average Bonchev–Trinajstić information content (AvgIpc) is 2.88. The van der Waals surface area contributed by atoms with E-state index >= 15 is 0 Å². The lowest BCUT2D eigenvalue weighted by molar-refractivity contribution is 0.404. The van der Waals surface area contributed by atoms with Gasteiger partial charge >= 0.3 is 0 Å². The Morgan fingerprint density at radius 1 is 0.973 bits per heavy atom. The second-order valence-corrected chi connectivity index (χ2v) is 10.7. The Hall–Kier alpha value is -3.13. The third-order valence-electron chi connectivity index (χ3n) is 7.33. The quantitative estimate of drug-likeness (QED) is 0.332. The van der Waals surface area contributed by atoms with Gasteiger partial charge in [0.2, 0.25) is 0 Å². The summed E-state index contributed by atoms with van der Waals surface area (Å²) in [5.74, 6) is 1.87. The van der Waals surface area contributed by atoms with E-state index in [1.165, 1.54) is 71.7 Å². The van der Waals surface area contributed by atoms with Gasteiger partial charge in [-0.2, -0.15) is 0 Å². The smallest absolute Gasteiger partial charge is 0.0664 e. The molecule has 1 fully saturated rings. The maximum absolute atomic E-state index is 4.85. The van der Waals surface area contributed by atoms with Crippen LogP contribution in [0.15, 0.2) is 96.2 Å². The SMILES string of the molecule is C=C(C)C1CCCCC1.C=CN.CC1=CC(C)C(c2ccc(C(C)=Nc3cc(C)ccc3C)cc2)C=C1. The van der Waals surface area contributed by atoms with Crippen molar-refractivity contribution in [3.63, 3.8) is 0 Å². The van der Waals surface area contributed by atoms with Gasteiger partial charge in [-0.1, -0.05) is 105 Å². The highest BCUT2D eigenvalue weighted by Gasteiger charge is 2.17. The zero-order valence-corrected chi connectivity index (χ0v) is 24.1. The fourth-order valence-corrected chi connectivity index (χ4v) is 5.05. The molecule has 2 heteroatoms. The third-order valence-corrected chi connectivity index (χ3v) is 7.33. The molecule has 2 atom stereocenters. The molecule has 0 saturated heterocycles. The first-order valence-electron chi connectivity index (χ1n) is 13.7. The predicted molar refractivity (Wildman–Crippen MR) is 165 cm³/mol. The van der Waals surface area contributed by atoms with Crippen LogP contribution in [0.2, 0.25) is 0 Å². The average molecular weight is 497 g/mol. The fourth-order valence-electron chi connectivity index (χ4n) is 5.05. The molecule has 2 aliphatic carbocycles. The van der Waals surface area contributed by atoms with Crippen molar-refractivity contribution in [1.82, 2.24) is 0 Å². The van der Waals surface area contributed by atoms with Crippen molar-refractivity contribution < 1.29 is 0 Å². The number of nitrogens with zero attached hydrogens (tertiary/aromatic N) is 1. The molecule has 1 saturated carbocycles. The van der Waals surface area contributed by atoms with Gasteiger partial charge in [0.05, 0.1) is 5.69 Å². The lowest BCUT2D eigenvalue weighted by atomic mass is 9.82. The largest absolute Gasteiger partial charge is 0.405 e. The monoisotopic (exact) mass is 496 g/mol. The molecule has 0 spiro atoms. The van der Waals surface area contributed by atoms with Crippen LogP contribution in [0.5, 0.6) is 0 Å². The summed E-state index contributed by atoms with van der Waals surface area (Å²) < 4.78 is 0. The Labute approximate surface area is 226 Å². The molecule has 0 bridgehead atoms. The number of benzene rings is 2. The first-order valence-corrected chi connectivity index (χ1v) is 13.7. The Morgan fingerprint density at radius 2 is 1.59 bits per heavy atom. The van der Waals surface area contributed by atoms with Crippen molar-refractivity contribution in [2.24, 2.45) is 22.6 Å². The molecular formula is C35H48N2. The van der Waals surface area contributed by atoms with Gasteiger partial charge in [-0.25, -0.2) is 0 Å². The predicted octanol–water partition coefficient (Wildman–Crippen LogP) is 9.91. The number of hydrogen-bond donors (Lipinski definition) is 1. The number of aryl methyl sites for hydroxylation is 2. The van der Waals surface area contributed by atoms with E-state index in [1.54, 1.807) is 0 Å². The molecule has 2 N–H and O–H groups in total. The maximum atomic E-state index is 4.85. The molecule has 2 aromatic carbocycles. The maximum Gasteiger partial charge on any atom is 0.0664 e. The van der Waals surface area contributed by atoms with Crippen molar-refractivity contribution in [2.75, 3.05) is 0 Å². The molecule has 37 heavy (non-hydrogen) atoms. The lowest BCUT2D eigenvalue weighted by Gasteiger charge is -2.22. The Morgan fingerprint density at radius 3 is 2.14 bits per heavy atom. The summed E-state index contributed by atoms with van der Waals surface area (Å²) in [5.41, 5.74) is 14.5. The topological polar surface area (TPSA) is 38.4 Å². The van der Waals surface area contributed by atoms with E-state index in [0.717, 1.165) is 17.3 Å². The van der Waals surface area contributed by atoms with Gasteiger partial charge < -0.3 is 5.73 Å². The highest BCUT2D eigenvalue weighted by Crippen LogP contribution is 2.32. The van der Waals surface area contributed by atoms with Crippen LogP contribution in [0.1, 0.15) is 88.0 Å². The van der Waals surface area contributed by atoms with Crippen molar-refractivity contribution in [3.8, 4) is 0 Å². The second kappa shape index (κ2) is 15.2. The molecule has 2 nitrogen and oxygen atoms in total. The van der Waals surface area contributed by atoms with Crippen LogP contribution in [0.4, 0.5) is 5.69 Å². The van der Waals surface area contributed by atoms with Crippen molar-refractivity contribution in [3.05, 3.63) is 113 Å². The van der Waals surface area contributed by atoms with E-state index in [1.807, 2.05) is 0 Å². The first kappa shape index (κ1) is 30.1. The zero-order valence-electron chi connectivity index (χ0n) is 24.1. The number of hydrogen-bond acceptors (Lipinski definition) is 2. The molecule has 0 aliphatic heterocycles. The number of aliphatic imine (C=N–C) groups is 1. The molecule has 0 radical (unpaired) electrons. The molecule has 2 aliphatic rings. The molecular weight excluding hydrogens is 448 g/mol. The van der Waals surface area contributed by atoms with Gasteiger partial charge in [0.25, 0.3) is 0 Å². The molecule has 0 heterocycles. The van der Waals surface area contributed by atoms with Crippen molar-refractivity contribution >= 4 is 11.4 Å². The molecule has 2 aromatic rings. The summed E-state index contributed by atoms with van der Waals surface area (Å²) in [4.78, 5) is 4.85. The molecule has 4 rings (SSSR count). The number of rotatable bonds is 4. The van der Waals surface area contributed by atoms with Crippen LogP contribution in [-0.2, 0) is 0 Å². The van der Waals surface area contributed by atoms with Gasteiger partial charge in [0.1, 0.15) is 0 Å². The van der Waals surface area contributed by atoms with Crippen LogP contribution in [0.25, 0.3) is 0 Å². The van der Waals surface area contributed by atoms with Gasteiger partial charge in [-0.05, 0) is 93.8 Å². The minimum absolute atomic E-state index is 0.467. The Balaban J connectivity index is 0.000000333. The summed E-state index contributed by atoms with van der Waals surface area (Å²) in [6.45, 7) is 20.0. The van der Waals surface area contributed by atoms with Gasteiger partial charge in [0.15, 0.2) is 0 Å². The minimum atomic E-state index is 0.467. The van der Waals surface area contributed by atoms with Crippen LogP contribution < -0.4 is 5.73 Å². The third kappa shape index (κ3) is 9.69. The first-order chi connectivity index (χ1) is 17.7. The molecule has 198 valence electrons. The van der Waals surface area contributed by atoms with E-state index in [0.29, 0.717) is 11.8 Å². The van der Waals surface area contributed by atoms with E-state index in [2.05, 4.69) is 121 Å². The van der Waals surface area contributed by atoms with Crippen LogP contribution in [-0.4, -0.2) is 5.71 Å². The Bertz CT molecular complexity index is 1110. The van der Waals surface area contributed by atoms with E-state index in [-0.39, 0.29) is 0 Å². The van der Waals surface area contributed by atoms with E-state index < -0.39 is 0 Å². The lowest BCUT2D eigenvalue weighted by Crippen LogP contribution is -2.09. The standard InChI is InChI=1S/C24H27N.C9H16.C2H5N/c1-16-7-13-23(19(4)14-16)22-11-9-21(10-12-22)20(5)25-24-15-17(2)6-8-18(24)3;1-8(2)9-6-4-3-5-7-9;1-2-3/h6-15,19,23H,1-5H3;9H,1,3-7H2,2H3;2H,1,3H2. The van der Waals surface area contributed by atoms with E-state index in [4.69, 9.17) is 4.99 Å². The van der Waals surface area contributed by atoms with Gasteiger partial charge in [-0.15, -0.1) is 0 Å². The summed E-state index contributed by atoms with van der Waals surface area (Å²) in [7, 11) is 0.